The average Bonchev–Trinajstić information content (AvgIpc) is 2.63. The molecule has 0 amide bonds. The van der Waals surface area contributed by atoms with Crippen molar-refractivity contribution in [2.45, 2.75) is 19.4 Å². The summed E-state index contributed by atoms with van der Waals surface area (Å²) in [5.74, 6) is 0.329. The van der Waals surface area contributed by atoms with Gasteiger partial charge in [-0.15, -0.1) is 0 Å². The second-order valence-corrected chi connectivity index (χ2v) is 5.10. The smallest absolute Gasteiger partial charge is 0.0640 e. The molecule has 2 nitrogen and oxygen atoms in total. The molecule has 1 aliphatic rings. The van der Waals surface area contributed by atoms with E-state index in [1.807, 2.05) is 12.1 Å². The van der Waals surface area contributed by atoms with E-state index in [0.29, 0.717) is 17.0 Å². The van der Waals surface area contributed by atoms with Gasteiger partial charge in [0.15, 0.2) is 0 Å². The van der Waals surface area contributed by atoms with E-state index < -0.39 is 0 Å². The molecular weight excluding hydrogens is 245 g/mol. The van der Waals surface area contributed by atoms with Gasteiger partial charge in [0.05, 0.1) is 10.7 Å². The van der Waals surface area contributed by atoms with E-state index in [0.717, 1.165) is 23.7 Å². The van der Waals surface area contributed by atoms with Crippen molar-refractivity contribution in [3.8, 4) is 0 Å². The van der Waals surface area contributed by atoms with Crippen LogP contribution in [0.1, 0.15) is 13.3 Å². The lowest BCUT2D eigenvalue weighted by Crippen LogP contribution is -2.31. The summed E-state index contributed by atoms with van der Waals surface area (Å²) in [5, 5.41) is 10.7. The number of aliphatic hydroxyl groups excluding tert-OH is 1. The zero-order valence-corrected chi connectivity index (χ0v) is 10.7. The van der Waals surface area contributed by atoms with Crippen molar-refractivity contribution in [2.75, 3.05) is 18.1 Å². The molecule has 1 saturated heterocycles. The fourth-order valence-corrected chi connectivity index (χ4v) is 2.69. The van der Waals surface area contributed by atoms with E-state index in [1.54, 1.807) is 6.07 Å². The predicted molar refractivity (Wildman–Crippen MR) is 68.5 cm³/mol. The van der Waals surface area contributed by atoms with Crippen LogP contribution in [0.4, 0.5) is 5.69 Å². The van der Waals surface area contributed by atoms with E-state index in [4.69, 9.17) is 23.2 Å². The zero-order valence-electron chi connectivity index (χ0n) is 9.16. The van der Waals surface area contributed by atoms with Gasteiger partial charge in [-0.25, -0.2) is 0 Å². The van der Waals surface area contributed by atoms with Crippen LogP contribution < -0.4 is 4.90 Å². The van der Waals surface area contributed by atoms with E-state index >= 15 is 0 Å². The highest BCUT2D eigenvalue weighted by atomic mass is 35.5. The normalized spacial score (nSPS) is 25.1. The molecule has 1 aromatic carbocycles. The molecule has 1 aliphatic heterocycles. The summed E-state index contributed by atoms with van der Waals surface area (Å²) >= 11 is 12.1. The first-order chi connectivity index (χ1) is 7.63. The standard InChI is InChI=1S/C12H15Cl2NO/c1-8-9(7-16)4-5-15(8)12-6-10(13)2-3-11(12)14/h2-3,6,8-9,16H,4-5,7H2,1H3. The predicted octanol–water partition coefficient (Wildman–Crippen LogP) is 3.20. The topological polar surface area (TPSA) is 23.5 Å². The number of halogens is 2. The van der Waals surface area contributed by atoms with Crippen LogP contribution in [-0.4, -0.2) is 24.3 Å². The molecule has 88 valence electrons. The molecular formula is C12H15Cl2NO. The van der Waals surface area contributed by atoms with E-state index in [2.05, 4.69) is 11.8 Å². The lowest BCUT2D eigenvalue weighted by Gasteiger charge is -2.27. The largest absolute Gasteiger partial charge is 0.396 e. The minimum absolute atomic E-state index is 0.232. The molecule has 0 radical (unpaired) electrons. The molecule has 1 N–H and O–H groups in total. The maximum absolute atomic E-state index is 9.24. The molecule has 1 heterocycles. The Labute approximate surface area is 106 Å². The lowest BCUT2D eigenvalue weighted by atomic mass is 10.0. The summed E-state index contributed by atoms with van der Waals surface area (Å²) in [7, 11) is 0. The van der Waals surface area contributed by atoms with Crippen molar-refractivity contribution in [1.29, 1.82) is 0 Å². The molecule has 1 aromatic rings. The molecule has 2 rings (SSSR count). The number of rotatable bonds is 2. The van der Waals surface area contributed by atoms with Gasteiger partial charge in [0.1, 0.15) is 0 Å². The van der Waals surface area contributed by atoms with Crippen molar-refractivity contribution in [3.05, 3.63) is 28.2 Å². The monoisotopic (exact) mass is 259 g/mol. The summed E-state index contributed by atoms with van der Waals surface area (Å²) in [4.78, 5) is 2.22. The van der Waals surface area contributed by atoms with Crippen LogP contribution in [-0.2, 0) is 0 Å². The van der Waals surface area contributed by atoms with Crippen molar-refractivity contribution in [2.24, 2.45) is 5.92 Å². The first-order valence-electron chi connectivity index (χ1n) is 5.46. The number of hydrogen-bond acceptors (Lipinski definition) is 2. The fraction of sp³-hybridized carbons (Fsp3) is 0.500. The Morgan fingerprint density at radius 2 is 2.19 bits per heavy atom. The first-order valence-corrected chi connectivity index (χ1v) is 6.21. The summed E-state index contributed by atoms with van der Waals surface area (Å²) < 4.78 is 0. The first kappa shape index (κ1) is 12.0. The molecule has 0 bridgehead atoms. The van der Waals surface area contributed by atoms with Crippen LogP contribution in [0.5, 0.6) is 0 Å². The van der Waals surface area contributed by atoms with Gasteiger partial charge in [-0.2, -0.15) is 0 Å². The van der Waals surface area contributed by atoms with Gasteiger partial charge in [0.2, 0.25) is 0 Å². The summed E-state index contributed by atoms with van der Waals surface area (Å²) in [6.45, 7) is 3.27. The zero-order chi connectivity index (χ0) is 11.7. The van der Waals surface area contributed by atoms with Gasteiger partial charge in [-0.1, -0.05) is 23.2 Å². The van der Waals surface area contributed by atoms with Crippen LogP contribution in [0.15, 0.2) is 18.2 Å². The minimum atomic E-state index is 0.232. The molecule has 0 aromatic heterocycles. The number of nitrogens with zero attached hydrogens (tertiary/aromatic N) is 1. The summed E-state index contributed by atoms with van der Waals surface area (Å²) in [5.41, 5.74) is 0.970. The molecule has 16 heavy (non-hydrogen) atoms. The Morgan fingerprint density at radius 3 is 2.81 bits per heavy atom. The number of hydrogen-bond donors (Lipinski definition) is 1. The Morgan fingerprint density at radius 1 is 1.44 bits per heavy atom. The second kappa shape index (κ2) is 4.82. The van der Waals surface area contributed by atoms with Gasteiger partial charge < -0.3 is 10.0 Å². The number of anilines is 1. The molecule has 2 unspecified atom stereocenters. The highest BCUT2D eigenvalue weighted by Crippen LogP contribution is 2.35. The van der Waals surface area contributed by atoms with Gasteiger partial charge in [-0.05, 0) is 31.5 Å². The number of benzene rings is 1. The molecule has 0 aliphatic carbocycles. The Kier molecular flexibility index (Phi) is 3.63. The SMILES string of the molecule is CC1C(CO)CCN1c1cc(Cl)ccc1Cl. The highest BCUT2D eigenvalue weighted by molar-refractivity contribution is 6.35. The van der Waals surface area contributed by atoms with Crippen LogP contribution in [0.3, 0.4) is 0 Å². The molecule has 1 fully saturated rings. The highest BCUT2D eigenvalue weighted by Gasteiger charge is 2.31. The van der Waals surface area contributed by atoms with E-state index in [-0.39, 0.29) is 6.61 Å². The quantitative estimate of drug-likeness (QED) is 0.882. The number of aliphatic hydroxyl groups is 1. The Balaban J connectivity index is 2.28. The van der Waals surface area contributed by atoms with Crippen LogP contribution in [0, 0.1) is 5.92 Å². The van der Waals surface area contributed by atoms with E-state index in [1.165, 1.54) is 0 Å². The Bertz CT molecular complexity index is 383. The third-order valence-corrected chi connectivity index (χ3v) is 3.92. The second-order valence-electron chi connectivity index (χ2n) is 4.26. The minimum Gasteiger partial charge on any atom is -0.396 e. The lowest BCUT2D eigenvalue weighted by molar-refractivity contribution is 0.221. The van der Waals surface area contributed by atoms with Crippen LogP contribution >= 0.6 is 23.2 Å². The van der Waals surface area contributed by atoms with Crippen molar-refractivity contribution in [1.82, 2.24) is 0 Å². The maximum Gasteiger partial charge on any atom is 0.0640 e. The van der Waals surface area contributed by atoms with Crippen molar-refractivity contribution in [3.63, 3.8) is 0 Å². The van der Waals surface area contributed by atoms with Crippen molar-refractivity contribution < 1.29 is 5.11 Å². The van der Waals surface area contributed by atoms with Crippen LogP contribution in [0.25, 0.3) is 0 Å². The summed E-state index contributed by atoms with van der Waals surface area (Å²) in [6.07, 6.45) is 1.00. The van der Waals surface area contributed by atoms with E-state index in [9.17, 15) is 5.11 Å². The van der Waals surface area contributed by atoms with Crippen molar-refractivity contribution >= 4 is 28.9 Å². The van der Waals surface area contributed by atoms with Gasteiger partial charge in [0.25, 0.3) is 0 Å². The van der Waals surface area contributed by atoms with Gasteiger partial charge >= 0.3 is 0 Å². The third kappa shape index (κ3) is 2.15. The molecule has 0 saturated carbocycles. The third-order valence-electron chi connectivity index (χ3n) is 3.37. The molecule has 0 spiro atoms. The van der Waals surface area contributed by atoms with Gasteiger partial charge in [0, 0.05) is 30.1 Å². The fourth-order valence-electron chi connectivity index (χ4n) is 2.29. The van der Waals surface area contributed by atoms with Crippen LogP contribution in [0.2, 0.25) is 10.0 Å². The molecule has 4 heteroatoms. The summed E-state index contributed by atoms with van der Waals surface area (Å²) in [6, 6.07) is 5.80. The average molecular weight is 260 g/mol. The Hall–Kier alpha value is -0.440. The van der Waals surface area contributed by atoms with Gasteiger partial charge in [-0.3, -0.25) is 0 Å². The maximum atomic E-state index is 9.24. The molecule has 2 atom stereocenters.